The van der Waals surface area contributed by atoms with Gasteiger partial charge in [0, 0.05) is 12.8 Å². The molecule has 1 saturated heterocycles. The predicted octanol–water partition coefficient (Wildman–Crippen LogP) is 2.48. The van der Waals surface area contributed by atoms with E-state index in [9.17, 15) is 19.5 Å². The second-order valence-electron chi connectivity index (χ2n) is 7.08. The molecule has 3 fully saturated rings. The summed E-state index contributed by atoms with van der Waals surface area (Å²) in [6, 6.07) is 0. The Bertz CT molecular complexity index is 453. The van der Waals surface area contributed by atoms with Gasteiger partial charge in [0.25, 0.3) is 0 Å². The van der Waals surface area contributed by atoms with Crippen LogP contribution in [0, 0.1) is 5.41 Å². The Labute approximate surface area is 124 Å². The molecule has 0 bridgehead atoms. The topological polar surface area (TPSA) is 74.7 Å². The van der Waals surface area contributed by atoms with Crippen LogP contribution in [0.2, 0.25) is 0 Å². The molecule has 2 saturated carbocycles. The molecule has 5 nitrogen and oxygen atoms in total. The van der Waals surface area contributed by atoms with E-state index in [2.05, 4.69) is 0 Å². The quantitative estimate of drug-likeness (QED) is 0.794. The van der Waals surface area contributed by atoms with Crippen molar-refractivity contribution in [2.45, 2.75) is 76.2 Å². The molecular weight excluding hydrogens is 270 g/mol. The third-order valence-electron chi connectivity index (χ3n) is 5.72. The first-order valence-corrected chi connectivity index (χ1v) is 8.09. The lowest BCUT2D eigenvalue weighted by Crippen LogP contribution is -2.63. The Kier molecular flexibility index (Phi) is 3.54. The van der Waals surface area contributed by atoms with Crippen LogP contribution in [0.25, 0.3) is 0 Å². The number of hydrogen-bond donors (Lipinski definition) is 1. The van der Waals surface area contributed by atoms with Crippen LogP contribution in [-0.2, 0) is 14.4 Å². The van der Waals surface area contributed by atoms with Crippen LogP contribution in [0.15, 0.2) is 0 Å². The summed E-state index contributed by atoms with van der Waals surface area (Å²) >= 11 is 0. The third-order valence-corrected chi connectivity index (χ3v) is 5.72. The lowest BCUT2D eigenvalue weighted by molar-refractivity contribution is -0.175. The lowest BCUT2D eigenvalue weighted by atomic mass is 9.72. The van der Waals surface area contributed by atoms with Crippen molar-refractivity contribution < 1.29 is 19.5 Å². The summed E-state index contributed by atoms with van der Waals surface area (Å²) in [5, 5.41) is 9.69. The molecule has 3 aliphatic rings. The molecular formula is C16H23NO4. The van der Waals surface area contributed by atoms with E-state index >= 15 is 0 Å². The van der Waals surface area contributed by atoms with Gasteiger partial charge in [-0.3, -0.25) is 14.5 Å². The largest absolute Gasteiger partial charge is 0.479 e. The molecule has 2 aliphatic carbocycles. The van der Waals surface area contributed by atoms with E-state index in [1.165, 1.54) is 0 Å². The van der Waals surface area contributed by atoms with E-state index in [0.717, 1.165) is 49.8 Å². The summed E-state index contributed by atoms with van der Waals surface area (Å²) in [4.78, 5) is 38.2. The van der Waals surface area contributed by atoms with Gasteiger partial charge in [-0.05, 0) is 31.1 Å². The van der Waals surface area contributed by atoms with E-state index in [1.807, 2.05) is 0 Å². The van der Waals surface area contributed by atoms with Gasteiger partial charge in [-0.25, -0.2) is 4.79 Å². The molecule has 0 radical (unpaired) electrons. The van der Waals surface area contributed by atoms with E-state index < -0.39 is 11.5 Å². The number of carboxylic acids is 1. The van der Waals surface area contributed by atoms with E-state index in [-0.39, 0.29) is 17.2 Å². The highest BCUT2D eigenvalue weighted by Gasteiger charge is 2.55. The first-order valence-electron chi connectivity index (χ1n) is 8.09. The van der Waals surface area contributed by atoms with Crippen LogP contribution in [0.5, 0.6) is 0 Å². The zero-order chi connectivity index (χ0) is 15.1. The van der Waals surface area contributed by atoms with Gasteiger partial charge in [-0.1, -0.05) is 32.1 Å². The number of imide groups is 1. The summed E-state index contributed by atoms with van der Waals surface area (Å²) in [5.74, 6) is -1.51. The minimum Gasteiger partial charge on any atom is -0.479 e. The van der Waals surface area contributed by atoms with Gasteiger partial charge in [0.2, 0.25) is 11.8 Å². The van der Waals surface area contributed by atoms with Crippen molar-refractivity contribution >= 4 is 17.8 Å². The van der Waals surface area contributed by atoms with Crippen molar-refractivity contribution in [3.05, 3.63) is 0 Å². The van der Waals surface area contributed by atoms with Crippen molar-refractivity contribution in [2.24, 2.45) is 5.41 Å². The fourth-order valence-electron chi connectivity index (χ4n) is 4.63. The maximum absolute atomic E-state index is 12.6. The second kappa shape index (κ2) is 5.11. The Balaban J connectivity index is 1.89. The summed E-state index contributed by atoms with van der Waals surface area (Å²) < 4.78 is 0. The van der Waals surface area contributed by atoms with Gasteiger partial charge in [-0.2, -0.15) is 0 Å². The highest BCUT2D eigenvalue weighted by molar-refractivity contribution is 6.03. The van der Waals surface area contributed by atoms with Crippen LogP contribution in [-0.4, -0.2) is 33.3 Å². The molecule has 3 rings (SSSR count). The molecule has 1 heterocycles. The van der Waals surface area contributed by atoms with Gasteiger partial charge in [0.05, 0.1) is 0 Å². The Morgan fingerprint density at radius 2 is 1.33 bits per heavy atom. The average Bonchev–Trinajstić information content (AvgIpc) is 2.86. The first kappa shape index (κ1) is 14.5. The van der Waals surface area contributed by atoms with E-state index in [1.54, 1.807) is 0 Å². The molecule has 0 aromatic carbocycles. The van der Waals surface area contributed by atoms with Crippen molar-refractivity contribution in [3.8, 4) is 0 Å². The Morgan fingerprint density at radius 1 is 0.857 bits per heavy atom. The van der Waals surface area contributed by atoms with Crippen molar-refractivity contribution in [1.29, 1.82) is 0 Å². The summed E-state index contributed by atoms with van der Waals surface area (Å²) in [7, 11) is 0. The molecule has 0 aromatic heterocycles. The monoisotopic (exact) mass is 293 g/mol. The summed E-state index contributed by atoms with van der Waals surface area (Å²) in [6.07, 6.45) is 8.06. The number of aliphatic carboxylic acids is 1. The second-order valence-corrected chi connectivity index (χ2v) is 7.08. The van der Waals surface area contributed by atoms with Crippen LogP contribution in [0.3, 0.4) is 0 Å². The van der Waals surface area contributed by atoms with Crippen LogP contribution in [0.1, 0.15) is 70.6 Å². The zero-order valence-corrected chi connectivity index (χ0v) is 12.4. The fourth-order valence-corrected chi connectivity index (χ4v) is 4.63. The number of hydrogen-bond acceptors (Lipinski definition) is 3. The first-order chi connectivity index (χ1) is 9.99. The molecule has 1 N–H and O–H groups in total. The molecule has 2 amide bonds. The lowest BCUT2D eigenvalue weighted by Gasteiger charge is -2.47. The summed E-state index contributed by atoms with van der Waals surface area (Å²) in [5.41, 5.74) is -1.44. The third kappa shape index (κ3) is 2.27. The molecule has 1 spiro atoms. The number of carbonyl (C=O) groups is 3. The smallest absolute Gasteiger partial charge is 0.330 e. The highest BCUT2D eigenvalue weighted by atomic mass is 16.4. The van der Waals surface area contributed by atoms with Crippen LogP contribution in [0.4, 0.5) is 0 Å². The number of amides is 2. The van der Waals surface area contributed by atoms with Gasteiger partial charge in [0.1, 0.15) is 5.54 Å². The highest BCUT2D eigenvalue weighted by Crippen LogP contribution is 2.49. The van der Waals surface area contributed by atoms with Crippen LogP contribution < -0.4 is 0 Å². The predicted molar refractivity (Wildman–Crippen MR) is 75.4 cm³/mol. The number of rotatable bonds is 2. The minimum absolute atomic E-state index is 0.168. The Hall–Kier alpha value is -1.39. The molecule has 0 aromatic rings. The number of carbonyl (C=O) groups excluding carboxylic acids is 2. The standard InChI is InChI=1S/C16H23NO4/c18-12-10-15(6-4-5-7-15)11-13(19)17(12)16(14(20)21)8-2-1-3-9-16/h1-11H2,(H,20,21). The fraction of sp³-hybridized carbons (Fsp3) is 0.812. The van der Waals surface area contributed by atoms with Gasteiger partial charge < -0.3 is 5.11 Å². The minimum atomic E-state index is -1.27. The van der Waals surface area contributed by atoms with Crippen molar-refractivity contribution in [1.82, 2.24) is 4.90 Å². The molecule has 116 valence electrons. The van der Waals surface area contributed by atoms with Gasteiger partial charge in [0.15, 0.2) is 0 Å². The van der Waals surface area contributed by atoms with Crippen molar-refractivity contribution in [3.63, 3.8) is 0 Å². The normalized spacial score (nSPS) is 28.1. The average molecular weight is 293 g/mol. The number of nitrogens with zero attached hydrogens (tertiary/aromatic N) is 1. The van der Waals surface area contributed by atoms with Crippen molar-refractivity contribution in [2.75, 3.05) is 0 Å². The number of carboxylic acid groups (broad SMARTS) is 1. The maximum atomic E-state index is 12.6. The van der Waals surface area contributed by atoms with E-state index in [0.29, 0.717) is 25.7 Å². The number of piperidine rings is 1. The number of likely N-dealkylation sites (tertiary alicyclic amines) is 1. The Morgan fingerprint density at radius 3 is 1.81 bits per heavy atom. The van der Waals surface area contributed by atoms with E-state index in [4.69, 9.17) is 0 Å². The molecule has 0 atom stereocenters. The summed E-state index contributed by atoms with van der Waals surface area (Å²) in [6.45, 7) is 0. The molecule has 1 aliphatic heterocycles. The van der Waals surface area contributed by atoms with Gasteiger partial charge >= 0.3 is 5.97 Å². The SMILES string of the molecule is O=C1CC2(CCCC2)CC(=O)N1C1(C(=O)O)CCCCC1. The van der Waals surface area contributed by atoms with Crippen LogP contribution >= 0.6 is 0 Å². The molecule has 21 heavy (non-hydrogen) atoms. The molecule has 5 heteroatoms. The molecule has 0 unspecified atom stereocenters. The zero-order valence-electron chi connectivity index (χ0n) is 12.4. The maximum Gasteiger partial charge on any atom is 0.330 e. The van der Waals surface area contributed by atoms with Gasteiger partial charge in [-0.15, -0.1) is 0 Å².